The Morgan fingerprint density at radius 1 is 1.22 bits per heavy atom. The number of benzene rings is 1. The predicted octanol–water partition coefficient (Wildman–Crippen LogP) is 1.86. The van der Waals surface area contributed by atoms with Gasteiger partial charge in [0.2, 0.25) is 0 Å². The smallest absolute Gasteiger partial charge is 0.256 e. The van der Waals surface area contributed by atoms with Crippen LogP contribution in [-0.4, -0.2) is 31.7 Å². The Morgan fingerprint density at radius 3 is 2.83 bits per heavy atom. The van der Waals surface area contributed by atoms with Crippen LogP contribution in [0.3, 0.4) is 0 Å². The molecule has 0 aromatic heterocycles. The van der Waals surface area contributed by atoms with Gasteiger partial charge in [0.1, 0.15) is 6.17 Å². The Labute approximate surface area is 115 Å². The fourth-order valence-corrected chi connectivity index (χ4v) is 3.06. The third-order valence-corrected chi connectivity index (χ3v) is 4.01. The van der Waals surface area contributed by atoms with Crippen LogP contribution in [0.25, 0.3) is 0 Å². The number of amides is 1. The number of rotatable bonds is 0. The Bertz CT molecular complexity index is 506. The summed E-state index contributed by atoms with van der Waals surface area (Å²) in [4.78, 5) is 14.3. The molecular formula is C12H13Cl2N3O. The van der Waals surface area contributed by atoms with Crippen LogP contribution in [0.4, 0.5) is 5.69 Å². The highest BCUT2D eigenvalue weighted by Crippen LogP contribution is 2.38. The number of anilines is 1. The minimum atomic E-state index is -0.138. The Hall–Kier alpha value is -0.970. The van der Waals surface area contributed by atoms with E-state index in [1.54, 1.807) is 12.1 Å². The lowest BCUT2D eigenvalue weighted by Crippen LogP contribution is -2.53. The molecular weight excluding hydrogens is 273 g/mol. The monoisotopic (exact) mass is 285 g/mol. The van der Waals surface area contributed by atoms with E-state index >= 15 is 0 Å². The van der Waals surface area contributed by atoms with Crippen LogP contribution in [-0.2, 0) is 0 Å². The largest absolute Gasteiger partial charge is 0.348 e. The molecule has 0 unspecified atom stereocenters. The molecule has 0 radical (unpaired) electrons. The first-order chi connectivity index (χ1) is 8.68. The van der Waals surface area contributed by atoms with Crippen LogP contribution in [0.1, 0.15) is 16.8 Å². The first-order valence-corrected chi connectivity index (χ1v) is 6.70. The number of carbonyl (C=O) groups excluding carboxylic acids is 1. The second-order valence-electron chi connectivity index (χ2n) is 4.47. The van der Waals surface area contributed by atoms with Crippen molar-refractivity contribution in [1.82, 2.24) is 10.6 Å². The summed E-state index contributed by atoms with van der Waals surface area (Å²) in [5.41, 5.74) is 1.25. The van der Waals surface area contributed by atoms with Crippen molar-refractivity contribution in [2.75, 3.05) is 24.5 Å². The van der Waals surface area contributed by atoms with Crippen molar-refractivity contribution in [3.63, 3.8) is 0 Å². The standard InChI is InChI=1S/C12H13Cl2N3O/c13-7-1-2-8(14)11-10(7)12(18)16-9-3-4-15-5-6-17(9)11/h1-2,9,15H,3-6H2,(H,16,18)/t9-/m0/s1. The highest BCUT2D eigenvalue weighted by molar-refractivity contribution is 6.38. The van der Waals surface area contributed by atoms with Crippen molar-refractivity contribution >= 4 is 34.8 Å². The molecule has 1 fully saturated rings. The van der Waals surface area contributed by atoms with Gasteiger partial charge in [0, 0.05) is 13.1 Å². The van der Waals surface area contributed by atoms with E-state index in [4.69, 9.17) is 23.2 Å². The average Bonchev–Trinajstić information content (AvgIpc) is 2.58. The second-order valence-corrected chi connectivity index (χ2v) is 5.29. The number of halogens is 2. The lowest BCUT2D eigenvalue weighted by molar-refractivity contribution is 0.0926. The Kier molecular flexibility index (Phi) is 3.09. The van der Waals surface area contributed by atoms with Gasteiger partial charge in [-0.3, -0.25) is 4.79 Å². The molecule has 96 valence electrons. The van der Waals surface area contributed by atoms with Gasteiger partial charge in [-0.1, -0.05) is 23.2 Å². The molecule has 0 bridgehead atoms. The molecule has 1 amide bonds. The molecule has 0 aliphatic carbocycles. The number of hydrogen-bond donors (Lipinski definition) is 2. The van der Waals surface area contributed by atoms with Crippen molar-refractivity contribution < 1.29 is 4.79 Å². The lowest BCUT2D eigenvalue weighted by Gasteiger charge is -2.38. The van der Waals surface area contributed by atoms with Crippen molar-refractivity contribution in [3.8, 4) is 0 Å². The molecule has 2 aliphatic rings. The fraction of sp³-hybridized carbons (Fsp3) is 0.417. The van der Waals surface area contributed by atoms with Crippen LogP contribution in [0.5, 0.6) is 0 Å². The molecule has 18 heavy (non-hydrogen) atoms. The number of hydrogen-bond acceptors (Lipinski definition) is 3. The number of carbonyl (C=O) groups is 1. The van der Waals surface area contributed by atoms with Crippen LogP contribution >= 0.6 is 23.2 Å². The summed E-state index contributed by atoms with van der Waals surface area (Å²) in [5, 5.41) is 7.33. The summed E-state index contributed by atoms with van der Waals surface area (Å²) >= 11 is 12.4. The van der Waals surface area contributed by atoms with Crippen molar-refractivity contribution in [2.24, 2.45) is 0 Å². The summed E-state index contributed by atoms with van der Waals surface area (Å²) in [6, 6.07) is 3.41. The maximum atomic E-state index is 12.1. The van der Waals surface area contributed by atoms with E-state index in [-0.39, 0.29) is 12.1 Å². The molecule has 0 spiro atoms. The third-order valence-electron chi connectivity index (χ3n) is 3.39. The first kappa shape index (κ1) is 12.1. The van der Waals surface area contributed by atoms with Gasteiger partial charge in [0.15, 0.2) is 0 Å². The minimum absolute atomic E-state index is 0.00373. The van der Waals surface area contributed by atoms with Gasteiger partial charge in [-0.2, -0.15) is 0 Å². The van der Waals surface area contributed by atoms with Crippen molar-refractivity contribution in [2.45, 2.75) is 12.6 Å². The van der Waals surface area contributed by atoms with Crippen molar-refractivity contribution in [3.05, 3.63) is 27.7 Å². The maximum Gasteiger partial charge on any atom is 0.256 e. The van der Waals surface area contributed by atoms with E-state index in [2.05, 4.69) is 15.5 Å². The molecule has 1 saturated heterocycles. The number of nitrogens with one attached hydrogen (secondary N) is 2. The molecule has 2 aliphatic heterocycles. The van der Waals surface area contributed by atoms with Gasteiger partial charge in [-0.15, -0.1) is 0 Å². The Morgan fingerprint density at radius 2 is 2.00 bits per heavy atom. The molecule has 1 aromatic rings. The topological polar surface area (TPSA) is 44.4 Å². The summed E-state index contributed by atoms with van der Waals surface area (Å²) in [7, 11) is 0. The number of nitrogens with zero attached hydrogens (tertiary/aromatic N) is 1. The summed E-state index contributed by atoms with van der Waals surface area (Å²) in [6.07, 6.45) is 0.851. The zero-order valence-electron chi connectivity index (χ0n) is 9.67. The van der Waals surface area contributed by atoms with Crippen LogP contribution in [0.2, 0.25) is 10.0 Å². The molecule has 3 rings (SSSR count). The predicted molar refractivity (Wildman–Crippen MR) is 72.5 cm³/mol. The summed E-state index contributed by atoms with van der Waals surface area (Å²) < 4.78 is 0. The molecule has 6 heteroatoms. The third kappa shape index (κ3) is 1.85. The van der Waals surface area contributed by atoms with E-state index in [9.17, 15) is 4.79 Å². The second kappa shape index (κ2) is 4.61. The van der Waals surface area contributed by atoms with E-state index in [1.807, 2.05) is 0 Å². The summed E-state index contributed by atoms with van der Waals surface area (Å²) in [6.45, 7) is 2.56. The molecule has 1 atom stereocenters. The quantitative estimate of drug-likeness (QED) is 0.765. The summed E-state index contributed by atoms with van der Waals surface area (Å²) in [5.74, 6) is -0.138. The van der Waals surface area contributed by atoms with Gasteiger partial charge in [-0.05, 0) is 25.1 Å². The average molecular weight is 286 g/mol. The molecule has 2 heterocycles. The van der Waals surface area contributed by atoms with Gasteiger partial charge in [0.25, 0.3) is 5.91 Å². The fourth-order valence-electron chi connectivity index (χ4n) is 2.55. The minimum Gasteiger partial charge on any atom is -0.348 e. The van der Waals surface area contributed by atoms with Gasteiger partial charge >= 0.3 is 0 Å². The highest BCUT2D eigenvalue weighted by Gasteiger charge is 2.34. The highest BCUT2D eigenvalue weighted by atomic mass is 35.5. The van der Waals surface area contributed by atoms with Gasteiger partial charge < -0.3 is 15.5 Å². The van der Waals surface area contributed by atoms with Crippen molar-refractivity contribution in [1.29, 1.82) is 0 Å². The number of fused-ring (bicyclic) bond motifs is 3. The van der Waals surface area contributed by atoms with Gasteiger partial charge in [-0.25, -0.2) is 0 Å². The van der Waals surface area contributed by atoms with Gasteiger partial charge in [0.05, 0.1) is 21.3 Å². The maximum absolute atomic E-state index is 12.1. The molecule has 0 saturated carbocycles. The molecule has 1 aromatic carbocycles. The van der Waals surface area contributed by atoms with Crippen LogP contribution < -0.4 is 15.5 Å². The van der Waals surface area contributed by atoms with E-state index < -0.39 is 0 Å². The van der Waals surface area contributed by atoms with E-state index in [0.29, 0.717) is 15.6 Å². The van der Waals surface area contributed by atoms with Crippen LogP contribution in [0.15, 0.2) is 12.1 Å². The molecule has 4 nitrogen and oxygen atoms in total. The molecule has 2 N–H and O–H groups in total. The normalized spacial score (nSPS) is 22.9. The zero-order chi connectivity index (χ0) is 12.7. The van der Waals surface area contributed by atoms with E-state index in [0.717, 1.165) is 31.7 Å². The Balaban J connectivity index is 2.15. The van der Waals surface area contributed by atoms with E-state index in [1.165, 1.54) is 0 Å². The first-order valence-electron chi connectivity index (χ1n) is 5.94. The SMILES string of the molecule is O=C1N[C@@H]2CCNCCN2c2c(Cl)ccc(Cl)c21. The lowest BCUT2D eigenvalue weighted by atomic mass is 10.1. The zero-order valence-corrected chi connectivity index (χ0v) is 11.2. The van der Waals surface area contributed by atoms with Crippen LogP contribution in [0, 0.1) is 0 Å².